The summed E-state index contributed by atoms with van der Waals surface area (Å²) < 4.78 is 34.0. The molecular weight excluding hydrogens is 813 g/mol. The monoisotopic (exact) mass is 893 g/mol. The highest BCUT2D eigenvalue weighted by atomic mass is 16.7. The first-order chi connectivity index (χ1) is 30.6. The maximum Gasteiger partial charge on any atom is 0.306 e. The Kier molecular flexibility index (Phi) is 32.5. The predicted octanol–water partition coefficient (Wildman–Crippen LogP) is 5.73. The SMILES string of the molecule is CC/C=C\C/C=C\C/C=C\C/C=C\C/C=C\CCOCC(COC1OC(COC2OC(CO)C(O)C(O)C2O)C(O)C(O)C1O)OC(=O)CCCCCCC/C=C\C/C=C\CCC. The van der Waals surface area contributed by atoms with E-state index in [0.29, 0.717) is 19.4 Å². The Balaban J connectivity index is 1.86. The van der Waals surface area contributed by atoms with Crippen molar-refractivity contribution in [2.45, 2.75) is 184 Å². The van der Waals surface area contributed by atoms with Gasteiger partial charge in [-0.05, 0) is 70.6 Å². The first kappa shape index (κ1) is 56.3. The molecule has 0 radical (unpaired) electrons. The molecular formula is C49H80O14. The molecule has 2 saturated heterocycles. The van der Waals surface area contributed by atoms with Gasteiger partial charge in [-0.1, -0.05) is 125 Å². The number of rotatable bonds is 34. The zero-order valence-corrected chi connectivity index (χ0v) is 37.8. The average Bonchev–Trinajstić information content (AvgIpc) is 3.28. The Morgan fingerprint density at radius 1 is 0.540 bits per heavy atom. The van der Waals surface area contributed by atoms with Gasteiger partial charge in [0.15, 0.2) is 12.6 Å². The molecule has 0 saturated carbocycles. The third kappa shape index (κ3) is 24.9. The molecule has 2 rings (SSSR count). The lowest BCUT2D eigenvalue weighted by atomic mass is 9.98. The highest BCUT2D eigenvalue weighted by Crippen LogP contribution is 2.26. The van der Waals surface area contributed by atoms with Crippen LogP contribution in [0.25, 0.3) is 0 Å². The molecule has 0 aromatic carbocycles. The predicted molar refractivity (Wildman–Crippen MR) is 242 cm³/mol. The van der Waals surface area contributed by atoms with Crippen LogP contribution in [0.5, 0.6) is 0 Å². The van der Waals surface area contributed by atoms with Gasteiger partial charge in [0.2, 0.25) is 0 Å². The molecule has 0 aromatic rings. The summed E-state index contributed by atoms with van der Waals surface area (Å²) in [4.78, 5) is 12.9. The minimum absolute atomic E-state index is 0.00397. The molecule has 2 heterocycles. The second-order valence-corrected chi connectivity index (χ2v) is 15.8. The lowest BCUT2D eigenvalue weighted by molar-refractivity contribution is -0.332. The van der Waals surface area contributed by atoms with Crippen LogP contribution >= 0.6 is 0 Å². The fraction of sp³-hybridized carbons (Fsp3) is 0.694. The van der Waals surface area contributed by atoms with Crippen molar-refractivity contribution in [2.75, 3.05) is 33.0 Å². The second kappa shape index (κ2) is 36.4. The molecule has 0 spiro atoms. The summed E-state index contributed by atoms with van der Waals surface area (Å²) in [6, 6.07) is 0. The van der Waals surface area contributed by atoms with Crippen LogP contribution in [-0.2, 0) is 33.2 Å². The molecule has 0 aliphatic carbocycles. The van der Waals surface area contributed by atoms with Crippen molar-refractivity contribution in [3.63, 3.8) is 0 Å². The van der Waals surface area contributed by atoms with E-state index in [9.17, 15) is 40.5 Å². The summed E-state index contributed by atoms with van der Waals surface area (Å²) in [7, 11) is 0. The van der Waals surface area contributed by atoms with E-state index < -0.39 is 86.7 Å². The summed E-state index contributed by atoms with van der Waals surface area (Å²) in [5.74, 6) is -0.421. The minimum Gasteiger partial charge on any atom is -0.457 e. The maximum absolute atomic E-state index is 12.9. The molecule has 0 aromatic heterocycles. The standard InChI is InChI=1S/C49H80O14/c1-3-5-7-9-11-13-15-17-18-19-21-23-25-27-29-31-33-58-35-38(61-41(51)32-30-28-26-24-22-20-16-14-12-10-8-6-4-2)36-59-48-47(57)45(55)43(53)40(63-48)37-60-49-46(56)44(54)42(52)39(34-50)62-49/h5,7-8,10-11,13-14,16-18,21,23,27,29,38-40,42-50,52-57H,3-4,6,9,12,15,19-20,22,24-26,28,30-37H2,1-2H3/b7-5-,10-8-,13-11-,16-14-,18-17-,23-21-,29-27-. The minimum atomic E-state index is -1.73. The Labute approximate surface area is 376 Å². The normalized spacial score (nSPS) is 27.8. The molecule has 2 aliphatic rings. The number of aliphatic hydroxyl groups excluding tert-OH is 7. The van der Waals surface area contributed by atoms with E-state index in [1.165, 1.54) is 0 Å². The van der Waals surface area contributed by atoms with Crippen molar-refractivity contribution >= 4 is 5.97 Å². The van der Waals surface area contributed by atoms with Gasteiger partial charge in [-0.2, -0.15) is 0 Å². The lowest BCUT2D eigenvalue weighted by Gasteiger charge is -2.42. The topological polar surface area (TPSA) is 214 Å². The molecule has 11 atom stereocenters. The lowest BCUT2D eigenvalue weighted by Crippen LogP contribution is -2.61. The van der Waals surface area contributed by atoms with Gasteiger partial charge in [0.1, 0.15) is 54.9 Å². The molecule has 0 amide bonds. The smallest absolute Gasteiger partial charge is 0.306 e. The van der Waals surface area contributed by atoms with Crippen molar-refractivity contribution < 1.29 is 69.0 Å². The van der Waals surface area contributed by atoms with Crippen LogP contribution in [-0.4, -0.2) is 142 Å². The van der Waals surface area contributed by atoms with Gasteiger partial charge in [0.05, 0.1) is 33.0 Å². The summed E-state index contributed by atoms with van der Waals surface area (Å²) in [6.45, 7) is 3.22. The van der Waals surface area contributed by atoms with Crippen LogP contribution in [0.15, 0.2) is 85.1 Å². The Morgan fingerprint density at radius 3 is 1.62 bits per heavy atom. The number of ether oxygens (including phenoxy) is 6. The first-order valence-corrected chi connectivity index (χ1v) is 23.2. The number of esters is 1. The highest BCUT2D eigenvalue weighted by molar-refractivity contribution is 5.69. The van der Waals surface area contributed by atoms with E-state index in [1.54, 1.807) is 0 Å². The Hall–Kier alpha value is -2.83. The van der Waals surface area contributed by atoms with Crippen LogP contribution < -0.4 is 0 Å². The van der Waals surface area contributed by atoms with E-state index in [-0.39, 0.29) is 19.6 Å². The van der Waals surface area contributed by atoms with Crippen molar-refractivity contribution in [3.05, 3.63) is 85.1 Å². The number of hydrogen-bond acceptors (Lipinski definition) is 14. The van der Waals surface area contributed by atoms with Gasteiger partial charge < -0.3 is 64.2 Å². The van der Waals surface area contributed by atoms with E-state index in [2.05, 4.69) is 92.8 Å². The van der Waals surface area contributed by atoms with Gasteiger partial charge in [-0.3, -0.25) is 4.79 Å². The van der Waals surface area contributed by atoms with Crippen LogP contribution in [0, 0.1) is 0 Å². The van der Waals surface area contributed by atoms with E-state index >= 15 is 0 Å². The van der Waals surface area contributed by atoms with Crippen molar-refractivity contribution in [2.24, 2.45) is 0 Å². The number of allylic oxidation sites excluding steroid dienone is 13. The molecule has 0 bridgehead atoms. The quantitative estimate of drug-likeness (QED) is 0.0234. The molecule has 360 valence electrons. The van der Waals surface area contributed by atoms with Gasteiger partial charge in [-0.15, -0.1) is 0 Å². The van der Waals surface area contributed by atoms with E-state index in [1.807, 2.05) is 6.08 Å². The van der Waals surface area contributed by atoms with Crippen molar-refractivity contribution in [1.29, 1.82) is 0 Å². The Morgan fingerprint density at radius 2 is 1.03 bits per heavy atom. The third-order valence-corrected chi connectivity index (χ3v) is 10.4. The van der Waals surface area contributed by atoms with Crippen LogP contribution in [0.4, 0.5) is 0 Å². The largest absolute Gasteiger partial charge is 0.457 e. The van der Waals surface area contributed by atoms with Gasteiger partial charge >= 0.3 is 5.97 Å². The third-order valence-electron chi connectivity index (χ3n) is 10.4. The highest BCUT2D eigenvalue weighted by Gasteiger charge is 2.47. The molecule has 2 fully saturated rings. The zero-order chi connectivity index (χ0) is 45.9. The Bertz CT molecular complexity index is 1360. The van der Waals surface area contributed by atoms with Crippen molar-refractivity contribution in [1.82, 2.24) is 0 Å². The van der Waals surface area contributed by atoms with E-state index in [0.717, 1.165) is 83.5 Å². The summed E-state index contributed by atoms with van der Waals surface area (Å²) in [5.41, 5.74) is 0. The van der Waals surface area contributed by atoms with Gasteiger partial charge in [0.25, 0.3) is 0 Å². The molecule has 7 N–H and O–H groups in total. The summed E-state index contributed by atoms with van der Waals surface area (Å²) in [5, 5.41) is 71.9. The zero-order valence-electron chi connectivity index (χ0n) is 37.8. The average molecular weight is 893 g/mol. The molecule has 2 aliphatic heterocycles. The fourth-order valence-electron chi connectivity index (χ4n) is 6.62. The number of aliphatic hydroxyl groups is 7. The molecule has 14 nitrogen and oxygen atoms in total. The summed E-state index contributed by atoms with van der Waals surface area (Å²) >= 11 is 0. The first-order valence-electron chi connectivity index (χ1n) is 23.2. The number of hydrogen-bond donors (Lipinski definition) is 7. The fourth-order valence-corrected chi connectivity index (χ4v) is 6.62. The van der Waals surface area contributed by atoms with Crippen LogP contribution in [0.1, 0.15) is 117 Å². The maximum atomic E-state index is 12.9. The molecule has 11 unspecified atom stereocenters. The van der Waals surface area contributed by atoms with Gasteiger partial charge in [-0.25, -0.2) is 0 Å². The number of carbonyl (C=O) groups excluding carboxylic acids is 1. The number of carbonyl (C=O) groups is 1. The molecule has 14 heteroatoms. The van der Waals surface area contributed by atoms with Gasteiger partial charge in [0, 0.05) is 6.42 Å². The van der Waals surface area contributed by atoms with E-state index in [4.69, 9.17) is 28.4 Å². The van der Waals surface area contributed by atoms with Crippen LogP contribution in [0.3, 0.4) is 0 Å². The number of unbranched alkanes of at least 4 members (excludes halogenated alkanes) is 6. The van der Waals surface area contributed by atoms with Crippen molar-refractivity contribution in [3.8, 4) is 0 Å². The van der Waals surface area contributed by atoms with Crippen LogP contribution in [0.2, 0.25) is 0 Å². The molecule has 63 heavy (non-hydrogen) atoms. The second-order valence-electron chi connectivity index (χ2n) is 15.8. The summed E-state index contributed by atoms with van der Waals surface area (Å²) in [6.07, 6.45) is 28.2.